The van der Waals surface area contributed by atoms with Crippen molar-refractivity contribution >= 4 is 40.3 Å². The summed E-state index contributed by atoms with van der Waals surface area (Å²) in [5.74, 6) is 0.766. The first-order chi connectivity index (χ1) is 12.7. The van der Waals surface area contributed by atoms with Crippen LogP contribution in [0.15, 0.2) is 18.3 Å². The van der Waals surface area contributed by atoms with E-state index in [0.29, 0.717) is 12.2 Å². The smallest absolute Gasteiger partial charge is 0.272 e. The van der Waals surface area contributed by atoms with Gasteiger partial charge in [-0.3, -0.25) is 9.89 Å². The van der Waals surface area contributed by atoms with Gasteiger partial charge < -0.3 is 10.1 Å². The number of unbranched alkanes of at least 4 members (excludes halogenated alkanes) is 3. The third-order valence-electron chi connectivity index (χ3n) is 4.54. The van der Waals surface area contributed by atoms with E-state index in [1.807, 2.05) is 25.3 Å². The highest BCUT2D eigenvalue weighted by Crippen LogP contribution is 2.26. The molecule has 2 heterocycles. The molecule has 8 heteroatoms. The molecule has 7 nitrogen and oxygen atoms in total. The molecule has 3 rings (SSSR count). The van der Waals surface area contributed by atoms with Gasteiger partial charge in [0.2, 0.25) is 0 Å². The predicted octanol–water partition coefficient (Wildman–Crippen LogP) is 3.30. The van der Waals surface area contributed by atoms with Gasteiger partial charge >= 0.3 is 0 Å². The standard InChI is InChI=1S/C18H25N5O2S/c1-12(25-2)23-11-14-15(22-23)8-7-13-16(14)20-21-17(13)18(24)19-9-5-3-4-6-10-26/h7-8,11-12,26H,3-6,9-10H2,1-2H3,(H,19,24)(H,20,21). The van der Waals surface area contributed by atoms with Gasteiger partial charge in [-0.2, -0.15) is 22.8 Å². The van der Waals surface area contributed by atoms with Crippen molar-refractivity contribution in [3.05, 3.63) is 24.0 Å². The van der Waals surface area contributed by atoms with Gasteiger partial charge in [0, 0.05) is 30.6 Å². The highest BCUT2D eigenvalue weighted by Gasteiger charge is 2.17. The van der Waals surface area contributed by atoms with E-state index in [2.05, 4.69) is 33.2 Å². The van der Waals surface area contributed by atoms with Crippen LogP contribution in [0.1, 0.15) is 49.3 Å². The van der Waals surface area contributed by atoms with E-state index in [9.17, 15) is 4.79 Å². The lowest BCUT2D eigenvalue weighted by Crippen LogP contribution is -2.25. The number of carbonyl (C=O) groups excluding carboxylic acids is 1. The third kappa shape index (κ3) is 3.86. The van der Waals surface area contributed by atoms with E-state index < -0.39 is 0 Å². The summed E-state index contributed by atoms with van der Waals surface area (Å²) in [6, 6.07) is 3.79. The van der Waals surface area contributed by atoms with Gasteiger partial charge in [0.25, 0.3) is 5.91 Å². The topological polar surface area (TPSA) is 84.8 Å². The fourth-order valence-electron chi connectivity index (χ4n) is 2.95. The van der Waals surface area contributed by atoms with E-state index >= 15 is 0 Å². The molecule has 2 N–H and O–H groups in total. The second-order valence-corrected chi connectivity index (χ2v) is 6.78. The van der Waals surface area contributed by atoms with Gasteiger partial charge in [-0.1, -0.05) is 12.8 Å². The highest BCUT2D eigenvalue weighted by molar-refractivity contribution is 7.80. The number of aromatic amines is 1. The highest BCUT2D eigenvalue weighted by atomic mass is 32.1. The number of nitrogens with one attached hydrogen (secondary N) is 2. The van der Waals surface area contributed by atoms with Crippen LogP contribution in [-0.4, -0.2) is 45.3 Å². The number of benzene rings is 1. The first-order valence-corrected chi connectivity index (χ1v) is 9.56. The van der Waals surface area contributed by atoms with Crippen LogP contribution in [-0.2, 0) is 4.74 Å². The molecule has 2 aromatic heterocycles. The molecule has 0 aliphatic carbocycles. The number of ether oxygens (including phenoxy) is 1. The molecule has 26 heavy (non-hydrogen) atoms. The number of H-pyrrole nitrogens is 1. The van der Waals surface area contributed by atoms with Crippen LogP contribution in [0.4, 0.5) is 0 Å². The average Bonchev–Trinajstić information content (AvgIpc) is 3.27. The van der Waals surface area contributed by atoms with E-state index in [0.717, 1.165) is 53.2 Å². The van der Waals surface area contributed by atoms with Crippen molar-refractivity contribution in [2.45, 2.75) is 38.8 Å². The SMILES string of the molecule is COC(C)n1cc2c(ccc3c(C(=O)NCCCCCCS)n[nH]c32)n1. The summed E-state index contributed by atoms with van der Waals surface area (Å²) in [5, 5.41) is 16.4. The molecular formula is C18H25N5O2S. The van der Waals surface area contributed by atoms with Gasteiger partial charge in [-0.05, 0) is 37.7 Å². The van der Waals surface area contributed by atoms with Crippen molar-refractivity contribution in [1.82, 2.24) is 25.3 Å². The van der Waals surface area contributed by atoms with Crippen LogP contribution in [0.2, 0.25) is 0 Å². The summed E-state index contributed by atoms with van der Waals surface area (Å²) in [6.07, 6.45) is 6.07. The van der Waals surface area contributed by atoms with Gasteiger partial charge in [0.1, 0.15) is 6.23 Å². The van der Waals surface area contributed by atoms with Crippen molar-refractivity contribution in [3.63, 3.8) is 0 Å². The molecule has 0 saturated carbocycles. The fraction of sp³-hybridized carbons (Fsp3) is 0.500. The molecule has 1 amide bonds. The molecule has 0 saturated heterocycles. The normalized spacial score (nSPS) is 12.7. The van der Waals surface area contributed by atoms with Crippen LogP contribution in [0.5, 0.6) is 0 Å². The zero-order valence-corrected chi connectivity index (χ0v) is 16.1. The first-order valence-electron chi connectivity index (χ1n) is 8.93. The van der Waals surface area contributed by atoms with Crippen molar-refractivity contribution in [1.29, 1.82) is 0 Å². The van der Waals surface area contributed by atoms with Crippen molar-refractivity contribution in [3.8, 4) is 0 Å². The zero-order valence-electron chi connectivity index (χ0n) is 15.2. The number of rotatable bonds is 9. The Hall–Kier alpha value is -2.06. The molecule has 0 bridgehead atoms. The van der Waals surface area contributed by atoms with E-state index in [1.165, 1.54) is 0 Å². The lowest BCUT2D eigenvalue weighted by molar-refractivity contribution is 0.0507. The maximum Gasteiger partial charge on any atom is 0.272 e. The maximum absolute atomic E-state index is 12.5. The monoisotopic (exact) mass is 375 g/mol. The summed E-state index contributed by atoms with van der Waals surface area (Å²) in [7, 11) is 1.64. The Morgan fingerprint density at radius 3 is 2.88 bits per heavy atom. The second-order valence-electron chi connectivity index (χ2n) is 6.33. The Morgan fingerprint density at radius 2 is 2.12 bits per heavy atom. The number of hydrogen-bond donors (Lipinski definition) is 3. The molecule has 0 fully saturated rings. The molecule has 0 radical (unpaired) electrons. The summed E-state index contributed by atoms with van der Waals surface area (Å²) >= 11 is 4.20. The lowest BCUT2D eigenvalue weighted by atomic mass is 10.1. The van der Waals surface area contributed by atoms with Gasteiger partial charge in [0.15, 0.2) is 5.69 Å². The quantitative estimate of drug-likeness (QED) is 0.396. The summed E-state index contributed by atoms with van der Waals surface area (Å²) in [5.41, 5.74) is 2.07. The second kappa shape index (κ2) is 8.55. The first kappa shape index (κ1) is 18.7. The van der Waals surface area contributed by atoms with Crippen LogP contribution in [0.3, 0.4) is 0 Å². The Kier molecular flexibility index (Phi) is 6.16. The number of aromatic nitrogens is 4. The molecule has 0 spiro atoms. The minimum absolute atomic E-state index is 0.151. The maximum atomic E-state index is 12.5. The Balaban J connectivity index is 1.74. The minimum atomic E-state index is -0.161. The van der Waals surface area contributed by atoms with E-state index in [1.54, 1.807) is 11.8 Å². The van der Waals surface area contributed by atoms with Gasteiger partial charge in [0.05, 0.1) is 11.0 Å². The Bertz CT molecular complexity index is 888. The van der Waals surface area contributed by atoms with Crippen LogP contribution in [0, 0.1) is 0 Å². The molecule has 1 unspecified atom stereocenters. The van der Waals surface area contributed by atoms with Crippen LogP contribution < -0.4 is 5.32 Å². The van der Waals surface area contributed by atoms with E-state index in [4.69, 9.17) is 4.74 Å². The number of carbonyl (C=O) groups is 1. The molecule has 3 aromatic rings. The molecular weight excluding hydrogens is 350 g/mol. The average molecular weight is 375 g/mol. The van der Waals surface area contributed by atoms with Gasteiger partial charge in [-0.25, -0.2) is 4.68 Å². The van der Waals surface area contributed by atoms with Crippen molar-refractivity contribution in [2.24, 2.45) is 0 Å². The number of methoxy groups -OCH3 is 1. The summed E-state index contributed by atoms with van der Waals surface area (Å²) in [6.45, 7) is 2.58. The number of thiol groups is 1. The number of fused-ring (bicyclic) bond motifs is 3. The molecule has 140 valence electrons. The number of nitrogens with zero attached hydrogens (tertiary/aromatic N) is 3. The zero-order chi connectivity index (χ0) is 18.5. The number of hydrogen-bond acceptors (Lipinski definition) is 5. The summed E-state index contributed by atoms with van der Waals surface area (Å²) in [4.78, 5) is 12.5. The van der Waals surface area contributed by atoms with Crippen molar-refractivity contribution in [2.75, 3.05) is 19.4 Å². The molecule has 0 aliphatic rings. The Labute approximate surface area is 157 Å². The Morgan fingerprint density at radius 1 is 1.31 bits per heavy atom. The molecule has 1 aromatic carbocycles. The fourth-order valence-corrected chi connectivity index (χ4v) is 3.17. The largest absolute Gasteiger partial charge is 0.360 e. The third-order valence-corrected chi connectivity index (χ3v) is 4.86. The number of amides is 1. The molecule has 1 atom stereocenters. The minimum Gasteiger partial charge on any atom is -0.360 e. The summed E-state index contributed by atoms with van der Waals surface area (Å²) < 4.78 is 7.07. The van der Waals surface area contributed by atoms with Crippen LogP contribution in [0.25, 0.3) is 21.8 Å². The van der Waals surface area contributed by atoms with E-state index in [-0.39, 0.29) is 12.1 Å². The van der Waals surface area contributed by atoms with Crippen molar-refractivity contribution < 1.29 is 9.53 Å². The van der Waals surface area contributed by atoms with Crippen LogP contribution >= 0.6 is 12.6 Å². The molecule has 0 aliphatic heterocycles. The lowest BCUT2D eigenvalue weighted by Gasteiger charge is -2.08. The predicted molar refractivity (Wildman–Crippen MR) is 106 cm³/mol. The van der Waals surface area contributed by atoms with Gasteiger partial charge in [-0.15, -0.1) is 0 Å².